The van der Waals surface area contributed by atoms with Gasteiger partial charge in [-0.05, 0) is 0 Å². The van der Waals surface area contributed by atoms with Gasteiger partial charge in [0.25, 0.3) is 12.0 Å². The second-order valence-corrected chi connectivity index (χ2v) is 5.03. The van der Waals surface area contributed by atoms with Gasteiger partial charge in [0.05, 0.1) is 7.11 Å². The van der Waals surface area contributed by atoms with Crippen LogP contribution in [0.4, 0.5) is 8.78 Å². The molecule has 0 saturated carbocycles. The van der Waals surface area contributed by atoms with E-state index in [-0.39, 0.29) is 30.5 Å². The fourth-order valence-electron chi connectivity index (χ4n) is 2.21. The zero-order valence-electron chi connectivity index (χ0n) is 13.1. The quantitative estimate of drug-likeness (QED) is 0.765. The molecule has 0 unspecified atom stereocenters. The minimum atomic E-state index is -2.80. The van der Waals surface area contributed by atoms with Gasteiger partial charge in [-0.1, -0.05) is 0 Å². The SMILES string of the molecule is COC(=O)CNC(=O)CCn1c(=O)cc(C(F)F)c2cn(C)nc21. The van der Waals surface area contributed by atoms with Gasteiger partial charge < -0.3 is 10.1 Å². The molecule has 10 heteroatoms. The summed E-state index contributed by atoms with van der Waals surface area (Å²) in [6.07, 6.45) is -1.52. The number of aryl methyl sites for hydroxylation is 2. The van der Waals surface area contributed by atoms with Gasteiger partial charge in [0.15, 0.2) is 5.65 Å². The number of aromatic nitrogens is 3. The topological polar surface area (TPSA) is 95.2 Å². The van der Waals surface area contributed by atoms with E-state index in [0.717, 1.165) is 10.6 Å². The van der Waals surface area contributed by atoms with E-state index in [1.807, 2.05) is 0 Å². The highest BCUT2D eigenvalue weighted by Crippen LogP contribution is 2.25. The Kier molecular flexibility index (Phi) is 5.27. The molecule has 0 aromatic carbocycles. The first kappa shape index (κ1) is 17.6. The van der Waals surface area contributed by atoms with Gasteiger partial charge in [-0.2, -0.15) is 5.10 Å². The third kappa shape index (κ3) is 3.76. The molecule has 24 heavy (non-hydrogen) atoms. The predicted octanol–water partition coefficient (Wildman–Crippen LogP) is 0.352. The molecule has 0 aliphatic carbocycles. The highest BCUT2D eigenvalue weighted by molar-refractivity contribution is 5.82. The first-order chi connectivity index (χ1) is 11.3. The largest absolute Gasteiger partial charge is 0.468 e. The fraction of sp³-hybridized carbons (Fsp3) is 0.429. The van der Waals surface area contributed by atoms with E-state index >= 15 is 0 Å². The van der Waals surface area contributed by atoms with Gasteiger partial charge in [0.2, 0.25) is 5.91 Å². The van der Waals surface area contributed by atoms with Crippen LogP contribution in [0, 0.1) is 0 Å². The van der Waals surface area contributed by atoms with Crippen LogP contribution in [0.5, 0.6) is 0 Å². The van der Waals surface area contributed by atoms with Crippen LogP contribution >= 0.6 is 0 Å². The van der Waals surface area contributed by atoms with Gasteiger partial charge in [-0.3, -0.25) is 23.6 Å². The Morgan fingerprint density at radius 2 is 2.12 bits per heavy atom. The number of alkyl halides is 2. The second kappa shape index (κ2) is 7.20. The van der Waals surface area contributed by atoms with Gasteiger partial charge in [-0.25, -0.2) is 8.78 Å². The van der Waals surface area contributed by atoms with Crippen molar-refractivity contribution in [3.05, 3.63) is 28.2 Å². The summed E-state index contributed by atoms with van der Waals surface area (Å²) in [6.45, 7) is -0.337. The molecule has 2 heterocycles. The lowest BCUT2D eigenvalue weighted by Gasteiger charge is -2.09. The standard InChI is InChI=1S/C14H16F2N4O4/c1-19-7-9-8(13(15)16)5-11(22)20(14(9)18-19)4-3-10(21)17-6-12(23)24-2/h5,7,13H,3-4,6H2,1-2H3,(H,17,21). The third-order valence-electron chi connectivity index (χ3n) is 3.38. The molecule has 0 atom stereocenters. The van der Waals surface area contributed by atoms with Gasteiger partial charge in [-0.15, -0.1) is 0 Å². The molecule has 0 saturated heterocycles. The number of carbonyl (C=O) groups is 2. The normalized spacial score (nSPS) is 11.0. The molecule has 0 radical (unpaired) electrons. The number of halogens is 2. The number of carbonyl (C=O) groups excluding carboxylic acids is 2. The van der Waals surface area contributed by atoms with E-state index in [4.69, 9.17) is 0 Å². The van der Waals surface area contributed by atoms with E-state index in [9.17, 15) is 23.2 Å². The van der Waals surface area contributed by atoms with Crippen molar-refractivity contribution in [2.24, 2.45) is 7.05 Å². The number of fused-ring (bicyclic) bond motifs is 1. The minimum Gasteiger partial charge on any atom is -0.468 e. The molecular weight excluding hydrogens is 326 g/mol. The van der Waals surface area contributed by atoms with Gasteiger partial charge in [0.1, 0.15) is 6.54 Å². The molecule has 2 aromatic rings. The Labute approximate surface area is 135 Å². The molecule has 2 rings (SSSR count). The van der Waals surface area contributed by atoms with Crippen molar-refractivity contribution in [3.8, 4) is 0 Å². The van der Waals surface area contributed by atoms with Crippen molar-refractivity contribution in [1.82, 2.24) is 19.7 Å². The third-order valence-corrected chi connectivity index (χ3v) is 3.38. The lowest BCUT2D eigenvalue weighted by molar-refractivity contribution is -0.141. The Morgan fingerprint density at radius 1 is 1.42 bits per heavy atom. The summed E-state index contributed by atoms with van der Waals surface area (Å²) in [5.41, 5.74) is -0.979. The predicted molar refractivity (Wildman–Crippen MR) is 79.6 cm³/mol. The van der Waals surface area contributed by atoms with E-state index in [2.05, 4.69) is 15.2 Å². The molecule has 1 N–H and O–H groups in total. The fourth-order valence-corrected chi connectivity index (χ4v) is 2.21. The average molecular weight is 342 g/mol. The van der Waals surface area contributed by atoms with Crippen molar-refractivity contribution in [2.45, 2.75) is 19.4 Å². The van der Waals surface area contributed by atoms with Crippen LogP contribution in [0.2, 0.25) is 0 Å². The number of ether oxygens (including phenoxy) is 1. The maximum atomic E-state index is 13.0. The molecule has 130 valence electrons. The maximum absolute atomic E-state index is 13.0. The number of methoxy groups -OCH3 is 1. The summed E-state index contributed by atoms with van der Waals surface area (Å²) < 4.78 is 33.0. The number of hydrogen-bond acceptors (Lipinski definition) is 5. The van der Waals surface area contributed by atoms with Crippen molar-refractivity contribution in [2.75, 3.05) is 13.7 Å². The molecule has 0 bridgehead atoms. The maximum Gasteiger partial charge on any atom is 0.325 e. The summed E-state index contributed by atoms with van der Waals surface area (Å²) >= 11 is 0. The van der Waals surface area contributed by atoms with Crippen LogP contribution in [0.15, 0.2) is 17.1 Å². The molecule has 0 fully saturated rings. The molecule has 2 aromatic heterocycles. The van der Waals surface area contributed by atoms with Crippen LogP contribution in [0.25, 0.3) is 11.0 Å². The molecule has 1 amide bonds. The second-order valence-electron chi connectivity index (χ2n) is 5.03. The molecule has 8 nitrogen and oxygen atoms in total. The van der Waals surface area contributed by atoms with Crippen LogP contribution in [0.1, 0.15) is 18.4 Å². The Balaban J connectivity index is 2.22. The summed E-state index contributed by atoms with van der Waals surface area (Å²) in [7, 11) is 2.74. The van der Waals surface area contributed by atoms with E-state index < -0.39 is 29.4 Å². The van der Waals surface area contributed by atoms with Crippen LogP contribution in [-0.4, -0.2) is 39.9 Å². The average Bonchev–Trinajstić information content (AvgIpc) is 2.91. The number of nitrogens with zero attached hydrogens (tertiary/aromatic N) is 3. The number of pyridine rings is 1. The van der Waals surface area contributed by atoms with E-state index in [0.29, 0.717) is 0 Å². The van der Waals surface area contributed by atoms with Gasteiger partial charge >= 0.3 is 5.97 Å². The zero-order chi connectivity index (χ0) is 17.9. The summed E-state index contributed by atoms with van der Waals surface area (Å²) in [5, 5.41) is 6.51. The monoisotopic (exact) mass is 342 g/mol. The Bertz CT molecular complexity index is 828. The number of nitrogens with one attached hydrogen (secondary N) is 1. The van der Waals surface area contributed by atoms with Crippen molar-refractivity contribution < 1.29 is 23.1 Å². The molecule has 0 aliphatic heterocycles. The van der Waals surface area contributed by atoms with Crippen molar-refractivity contribution in [3.63, 3.8) is 0 Å². The van der Waals surface area contributed by atoms with Gasteiger partial charge in [0, 0.05) is 43.2 Å². The van der Waals surface area contributed by atoms with Crippen LogP contribution in [0.3, 0.4) is 0 Å². The molecule has 0 aliphatic rings. The highest BCUT2D eigenvalue weighted by atomic mass is 19.3. The van der Waals surface area contributed by atoms with Crippen molar-refractivity contribution in [1.29, 1.82) is 0 Å². The first-order valence-corrected chi connectivity index (χ1v) is 7.02. The minimum absolute atomic E-state index is 0.0527. The van der Waals surface area contributed by atoms with Crippen LogP contribution < -0.4 is 10.9 Å². The van der Waals surface area contributed by atoms with E-state index in [1.54, 1.807) is 7.05 Å². The number of rotatable bonds is 6. The Hall–Kier alpha value is -2.78. The van der Waals surface area contributed by atoms with Crippen LogP contribution in [-0.2, 0) is 27.9 Å². The molecular formula is C14H16F2N4O4. The summed E-state index contributed by atoms with van der Waals surface area (Å²) in [4.78, 5) is 34.7. The smallest absolute Gasteiger partial charge is 0.325 e. The number of amides is 1. The van der Waals surface area contributed by atoms with E-state index in [1.165, 1.54) is 18.0 Å². The lowest BCUT2D eigenvalue weighted by atomic mass is 10.2. The lowest BCUT2D eigenvalue weighted by Crippen LogP contribution is -2.32. The number of hydrogen-bond donors (Lipinski definition) is 1. The summed E-state index contributed by atoms with van der Waals surface area (Å²) in [5.74, 6) is -1.08. The van der Waals surface area contributed by atoms with Crippen molar-refractivity contribution >= 4 is 22.9 Å². The summed E-state index contributed by atoms with van der Waals surface area (Å²) in [6, 6.07) is 0.848. The highest BCUT2D eigenvalue weighted by Gasteiger charge is 2.19. The first-order valence-electron chi connectivity index (χ1n) is 7.02. The Morgan fingerprint density at radius 3 is 2.75 bits per heavy atom. The number of esters is 1. The molecule has 0 spiro atoms. The zero-order valence-corrected chi connectivity index (χ0v) is 13.1.